The van der Waals surface area contributed by atoms with Gasteiger partial charge in [0.15, 0.2) is 5.65 Å². The molecule has 2 rings (SSSR count). The number of nitrogens with zero attached hydrogens (tertiary/aromatic N) is 3. The van der Waals surface area contributed by atoms with Gasteiger partial charge < -0.3 is 10.1 Å². The molecule has 0 radical (unpaired) electrons. The van der Waals surface area contributed by atoms with Crippen LogP contribution in [0.1, 0.15) is 13.3 Å². The van der Waals surface area contributed by atoms with E-state index in [0.717, 1.165) is 18.4 Å². The molecule has 6 heteroatoms. The van der Waals surface area contributed by atoms with Gasteiger partial charge in [0.1, 0.15) is 5.39 Å². The van der Waals surface area contributed by atoms with E-state index in [0.29, 0.717) is 17.5 Å². The van der Waals surface area contributed by atoms with E-state index in [-0.39, 0.29) is 0 Å². The van der Waals surface area contributed by atoms with E-state index in [2.05, 4.69) is 32.4 Å². The Morgan fingerprint density at radius 3 is 3.07 bits per heavy atom. The molecule has 0 amide bonds. The van der Waals surface area contributed by atoms with E-state index in [1.807, 2.05) is 0 Å². The summed E-state index contributed by atoms with van der Waals surface area (Å²) in [5.41, 5.74) is 0.681. The normalized spacial score (nSPS) is 10.5. The summed E-state index contributed by atoms with van der Waals surface area (Å²) in [4.78, 5) is 8.49. The maximum atomic E-state index is 5.16. The predicted molar refractivity (Wildman–Crippen MR) is 57.0 cm³/mol. The SMILES string of the molecule is CCCNc1nc(OC)c2cn[nH]c2n1. The molecular formula is C9H13N5O. The Kier molecular flexibility index (Phi) is 2.66. The van der Waals surface area contributed by atoms with Crippen LogP contribution in [0.5, 0.6) is 5.88 Å². The molecule has 0 unspecified atom stereocenters. The first kappa shape index (κ1) is 9.70. The minimum absolute atomic E-state index is 0.535. The molecule has 6 nitrogen and oxygen atoms in total. The van der Waals surface area contributed by atoms with Crippen molar-refractivity contribution in [3.05, 3.63) is 6.20 Å². The van der Waals surface area contributed by atoms with Gasteiger partial charge in [0.05, 0.1) is 13.3 Å². The van der Waals surface area contributed by atoms with Gasteiger partial charge in [0, 0.05) is 6.54 Å². The molecule has 0 saturated carbocycles. The number of rotatable bonds is 4. The maximum absolute atomic E-state index is 5.16. The van der Waals surface area contributed by atoms with Gasteiger partial charge in [-0.25, -0.2) is 0 Å². The van der Waals surface area contributed by atoms with Crippen LogP contribution in [-0.2, 0) is 0 Å². The topological polar surface area (TPSA) is 75.7 Å². The van der Waals surface area contributed by atoms with E-state index in [1.165, 1.54) is 0 Å². The number of anilines is 1. The third-order valence-electron chi connectivity index (χ3n) is 2.00. The zero-order valence-electron chi connectivity index (χ0n) is 8.74. The van der Waals surface area contributed by atoms with Crippen LogP contribution in [0.2, 0.25) is 0 Å². The number of methoxy groups -OCH3 is 1. The van der Waals surface area contributed by atoms with Crippen LogP contribution in [0.15, 0.2) is 6.20 Å². The number of hydrogen-bond acceptors (Lipinski definition) is 5. The Morgan fingerprint density at radius 1 is 1.47 bits per heavy atom. The zero-order valence-corrected chi connectivity index (χ0v) is 8.74. The van der Waals surface area contributed by atoms with Crippen LogP contribution in [0.25, 0.3) is 11.0 Å². The van der Waals surface area contributed by atoms with Crippen molar-refractivity contribution in [2.75, 3.05) is 19.0 Å². The minimum atomic E-state index is 0.535. The van der Waals surface area contributed by atoms with E-state index >= 15 is 0 Å². The molecular weight excluding hydrogens is 194 g/mol. The lowest BCUT2D eigenvalue weighted by molar-refractivity contribution is 0.403. The summed E-state index contributed by atoms with van der Waals surface area (Å²) < 4.78 is 5.16. The lowest BCUT2D eigenvalue weighted by Gasteiger charge is -2.05. The lowest BCUT2D eigenvalue weighted by atomic mass is 10.4. The fourth-order valence-corrected chi connectivity index (χ4v) is 1.28. The summed E-state index contributed by atoms with van der Waals surface area (Å²) >= 11 is 0. The highest BCUT2D eigenvalue weighted by Crippen LogP contribution is 2.21. The van der Waals surface area contributed by atoms with Crippen molar-refractivity contribution in [1.29, 1.82) is 0 Å². The first-order valence-electron chi connectivity index (χ1n) is 4.84. The predicted octanol–water partition coefficient (Wildman–Crippen LogP) is 1.18. The third kappa shape index (κ3) is 1.83. The molecule has 0 saturated heterocycles. The molecule has 80 valence electrons. The largest absolute Gasteiger partial charge is 0.480 e. The highest BCUT2D eigenvalue weighted by atomic mass is 16.5. The van der Waals surface area contributed by atoms with Crippen LogP contribution < -0.4 is 10.1 Å². The monoisotopic (exact) mass is 207 g/mol. The molecule has 2 aromatic heterocycles. The summed E-state index contributed by atoms with van der Waals surface area (Å²) in [6.45, 7) is 2.92. The molecule has 0 aliphatic heterocycles. The van der Waals surface area contributed by atoms with Crippen LogP contribution >= 0.6 is 0 Å². The Bertz CT molecular complexity index is 453. The zero-order chi connectivity index (χ0) is 10.7. The van der Waals surface area contributed by atoms with Crippen LogP contribution in [0.4, 0.5) is 5.95 Å². The summed E-state index contributed by atoms with van der Waals surface area (Å²) in [6, 6.07) is 0. The highest BCUT2D eigenvalue weighted by Gasteiger charge is 2.08. The van der Waals surface area contributed by atoms with E-state index in [9.17, 15) is 0 Å². The molecule has 2 heterocycles. The van der Waals surface area contributed by atoms with Gasteiger partial charge in [0.2, 0.25) is 11.8 Å². The van der Waals surface area contributed by atoms with Crippen LogP contribution in [0.3, 0.4) is 0 Å². The van der Waals surface area contributed by atoms with Gasteiger partial charge in [-0.2, -0.15) is 15.1 Å². The van der Waals surface area contributed by atoms with Crippen molar-refractivity contribution in [2.24, 2.45) is 0 Å². The highest BCUT2D eigenvalue weighted by molar-refractivity contribution is 5.80. The quantitative estimate of drug-likeness (QED) is 0.787. The molecule has 0 fully saturated rings. The first-order chi connectivity index (χ1) is 7.35. The molecule has 0 bridgehead atoms. The molecule has 0 aliphatic carbocycles. The smallest absolute Gasteiger partial charge is 0.229 e. The minimum Gasteiger partial charge on any atom is -0.480 e. The van der Waals surface area contributed by atoms with Crippen molar-refractivity contribution < 1.29 is 4.74 Å². The molecule has 2 aromatic rings. The second-order valence-electron chi connectivity index (χ2n) is 3.12. The molecule has 0 aliphatic rings. The van der Waals surface area contributed by atoms with Gasteiger partial charge in [-0.05, 0) is 6.42 Å². The lowest BCUT2D eigenvalue weighted by Crippen LogP contribution is -2.05. The third-order valence-corrected chi connectivity index (χ3v) is 2.00. The molecule has 2 N–H and O–H groups in total. The van der Waals surface area contributed by atoms with Crippen LogP contribution in [-0.4, -0.2) is 33.8 Å². The average Bonchev–Trinajstić information content (AvgIpc) is 2.73. The average molecular weight is 207 g/mol. The van der Waals surface area contributed by atoms with Crippen molar-refractivity contribution in [2.45, 2.75) is 13.3 Å². The van der Waals surface area contributed by atoms with Crippen LogP contribution in [0, 0.1) is 0 Å². The van der Waals surface area contributed by atoms with E-state index in [4.69, 9.17) is 4.74 Å². The van der Waals surface area contributed by atoms with Gasteiger partial charge >= 0.3 is 0 Å². The van der Waals surface area contributed by atoms with E-state index in [1.54, 1.807) is 13.3 Å². The Balaban J connectivity index is 2.40. The van der Waals surface area contributed by atoms with Crippen molar-refractivity contribution >= 4 is 17.0 Å². The second-order valence-corrected chi connectivity index (χ2v) is 3.12. The van der Waals surface area contributed by atoms with Gasteiger partial charge in [-0.1, -0.05) is 6.92 Å². The second kappa shape index (κ2) is 4.12. The van der Waals surface area contributed by atoms with Crippen molar-refractivity contribution in [3.8, 4) is 5.88 Å². The van der Waals surface area contributed by atoms with Crippen molar-refractivity contribution in [3.63, 3.8) is 0 Å². The van der Waals surface area contributed by atoms with Gasteiger partial charge in [-0.3, -0.25) is 5.10 Å². The first-order valence-corrected chi connectivity index (χ1v) is 4.84. The van der Waals surface area contributed by atoms with Gasteiger partial charge in [0.25, 0.3) is 0 Å². The van der Waals surface area contributed by atoms with Crippen molar-refractivity contribution in [1.82, 2.24) is 20.2 Å². The number of H-pyrrole nitrogens is 1. The maximum Gasteiger partial charge on any atom is 0.229 e. The number of hydrogen-bond donors (Lipinski definition) is 2. The standard InChI is InChI=1S/C9H13N5O/c1-3-4-10-9-12-7-6(5-11-14-7)8(13-9)15-2/h5H,3-4H2,1-2H3,(H2,10,11,12,13,14). The Morgan fingerprint density at radius 2 is 2.33 bits per heavy atom. The fraction of sp³-hybridized carbons (Fsp3) is 0.444. The summed E-state index contributed by atoms with van der Waals surface area (Å²) in [6.07, 6.45) is 2.67. The summed E-state index contributed by atoms with van der Waals surface area (Å²) in [5.74, 6) is 1.10. The Labute approximate surface area is 87.1 Å². The van der Waals surface area contributed by atoms with Gasteiger partial charge in [-0.15, -0.1) is 0 Å². The van der Waals surface area contributed by atoms with E-state index < -0.39 is 0 Å². The summed E-state index contributed by atoms with van der Waals surface area (Å²) in [5, 5.41) is 10.6. The molecule has 0 aromatic carbocycles. The number of ether oxygens (including phenoxy) is 1. The number of aromatic nitrogens is 4. The molecule has 0 spiro atoms. The fourth-order valence-electron chi connectivity index (χ4n) is 1.28. The number of nitrogens with one attached hydrogen (secondary N) is 2. The molecule has 0 atom stereocenters. The Hall–Kier alpha value is -1.85. The molecule has 15 heavy (non-hydrogen) atoms. The number of aromatic amines is 1. The summed E-state index contributed by atoms with van der Waals surface area (Å²) in [7, 11) is 1.58. The number of fused-ring (bicyclic) bond motifs is 1.